The number of hydrogen-bond acceptors (Lipinski definition) is 6. The average molecular weight is 508 g/mol. The quantitative estimate of drug-likeness (QED) is 0.237. The van der Waals surface area contributed by atoms with Gasteiger partial charge in [-0.05, 0) is 42.5 Å². The second-order valence-electron chi connectivity index (χ2n) is 7.90. The van der Waals surface area contributed by atoms with Crippen LogP contribution in [-0.2, 0) is 6.54 Å². The maximum atomic E-state index is 13.9. The Labute approximate surface area is 206 Å². The molecule has 0 aliphatic heterocycles. The van der Waals surface area contributed by atoms with Gasteiger partial charge in [0.25, 0.3) is 16.8 Å². The van der Waals surface area contributed by atoms with Crippen LogP contribution in [0.1, 0.15) is 15.9 Å². The maximum absolute atomic E-state index is 13.9. The van der Waals surface area contributed by atoms with Crippen LogP contribution in [0.25, 0.3) is 10.9 Å². The molecule has 0 saturated heterocycles. The Morgan fingerprint density at radius 3 is 2.56 bits per heavy atom. The summed E-state index contributed by atoms with van der Waals surface area (Å²) in [4.78, 5) is 36.9. The number of amides is 1. The minimum atomic E-state index is -1.03. The van der Waals surface area contributed by atoms with Crippen molar-refractivity contribution in [1.29, 1.82) is 0 Å². The molecular formula is C25H16ClF2N5O3. The van der Waals surface area contributed by atoms with Gasteiger partial charge in [0, 0.05) is 33.8 Å². The first-order chi connectivity index (χ1) is 17.3. The molecule has 180 valence electrons. The molecule has 36 heavy (non-hydrogen) atoms. The van der Waals surface area contributed by atoms with Crippen LogP contribution in [0, 0.1) is 11.6 Å². The van der Waals surface area contributed by atoms with Crippen molar-refractivity contribution in [2.24, 2.45) is 0 Å². The molecule has 5 rings (SSSR count). The molecule has 0 unspecified atom stereocenters. The first kappa shape index (κ1) is 23.2. The van der Waals surface area contributed by atoms with E-state index in [1.54, 1.807) is 36.4 Å². The topological polar surface area (TPSA) is 116 Å². The number of aromatic nitrogens is 2. The number of nitrogens with zero attached hydrogens (tertiary/aromatic N) is 1. The highest BCUT2D eigenvalue weighted by atomic mass is 35.5. The average Bonchev–Trinajstić information content (AvgIpc) is 3.27. The Hall–Kier alpha value is -4.57. The number of fused-ring (bicyclic) bond motifs is 1. The van der Waals surface area contributed by atoms with Crippen molar-refractivity contribution in [3.8, 4) is 0 Å². The molecule has 4 aromatic carbocycles. The van der Waals surface area contributed by atoms with Crippen molar-refractivity contribution in [1.82, 2.24) is 10.2 Å². The zero-order valence-electron chi connectivity index (χ0n) is 18.3. The van der Waals surface area contributed by atoms with Crippen LogP contribution >= 0.6 is 11.6 Å². The number of carbonyl (C=O) groups is 1. The van der Waals surface area contributed by atoms with Gasteiger partial charge in [0.15, 0.2) is 17.5 Å². The first-order valence-corrected chi connectivity index (χ1v) is 11.0. The van der Waals surface area contributed by atoms with E-state index in [0.717, 1.165) is 6.07 Å². The van der Waals surface area contributed by atoms with Crippen LogP contribution in [0.15, 0.2) is 70.3 Å². The van der Waals surface area contributed by atoms with Crippen LogP contribution in [0.3, 0.4) is 0 Å². The molecule has 1 aromatic heterocycles. The zero-order chi connectivity index (χ0) is 25.4. The molecule has 0 fully saturated rings. The lowest BCUT2D eigenvalue weighted by Crippen LogP contribution is -2.36. The monoisotopic (exact) mass is 507 g/mol. The highest BCUT2D eigenvalue weighted by Crippen LogP contribution is 2.28. The van der Waals surface area contributed by atoms with Gasteiger partial charge < -0.3 is 16.0 Å². The summed E-state index contributed by atoms with van der Waals surface area (Å²) in [5.74, 6) is -2.20. The normalized spacial score (nSPS) is 11.1. The Balaban J connectivity index is 1.36. The number of nitrogens with one attached hydrogen (secondary N) is 4. The summed E-state index contributed by atoms with van der Waals surface area (Å²) in [6.07, 6.45) is 0. The lowest BCUT2D eigenvalue weighted by Gasteiger charge is -2.15. The van der Waals surface area contributed by atoms with Crippen molar-refractivity contribution in [3.63, 3.8) is 0 Å². The molecule has 0 aliphatic carbocycles. The lowest BCUT2D eigenvalue weighted by molar-refractivity contribution is 0.102. The van der Waals surface area contributed by atoms with E-state index in [9.17, 15) is 23.2 Å². The molecule has 4 N–H and O–H groups in total. The van der Waals surface area contributed by atoms with Gasteiger partial charge in [0.1, 0.15) is 11.4 Å². The van der Waals surface area contributed by atoms with Gasteiger partial charge in [-0.2, -0.15) is 5.10 Å². The molecule has 11 heteroatoms. The number of H-pyrrole nitrogens is 1. The number of halogens is 3. The Morgan fingerprint density at radius 1 is 0.972 bits per heavy atom. The van der Waals surface area contributed by atoms with Gasteiger partial charge >= 0.3 is 0 Å². The van der Waals surface area contributed by atoms with Crippen LogP contribution in [-0.4, -0.2) is 16.1 Å². The Morgan fingerprint density at radius 2 is 1.75 bits per heavy atom. The smallest absolute Gasteiger partial charge is 0.256 e. The number of benzene rings is 3. The van der Waals surface area contributed by atoms with E-state index in [-0.39, 0.29) is 29.3 Å². The molecule has 1 amide bonds. The molecule has 0 bridgehead atoms. The summed E-state index contributed by atoms with van der Waals surface area (Å²) in [5.41, 5.74) is -0.154. The number of hydrogen-bond donors (Lipinski definition) is 4. The van der Waals surface area contributed by atoms with E-state index in [1.165, 1.54) is 18.2 Å². The van der Waals surface area contributed by atoms with Crippen LogP contribution < -0.4 is 26.8 Å². The second kappa shape index (κ2) is 9.23. The van der Waals surface area contributed by atoms with E-state index in [1.807, 2.05) is 0 Å². The summed E-state index contributed by atoms with van der Waals surface area (Å²) >= 11 is 5.95. The van der Waals surface area contributed by atoms with Crippen molar-refractivity contribution in [2.45, 2.75) is 6.54 Å². The van der Waals surface area contributed by atoms with Crippen molar-refractivity contribution >= 4 is 51.3 Å². The predicted octanol–water partition coefficient (Wildman–Crippen LogP) is 4.70. The van der Waals surface area contributed by atoms with Gasteiger partial charge in [-0.25, -0.2) is 8.78 Å². The van der Waals surface area contributed by atoms with Gasteiger partial charge in [-0.3, -0.25) is 19.5 Å². The van der Waals surface area contributed by atoms with Crippen LogP contribution in [0.4, 0.5) is 31.7 Å². The molecule has 1 heterocycles. The third kappa shape index (κ3) is 4.29. The summed E-state index contributed by atoms with van der Waals surface area (Å²) in [5, 5.41) is 16.2. The van der Waals surface area contributed by atoms with E-state index in [4.69, 9.17) is 11.6 Å². The Kier molecular flexibility index (Phi) is 5.95. The summed E-state index contributed by atoms with van der Waals surface area (Å²) in [7, 11) is 0. The predicted molar refractivity (Wildman–Crippen MR) is 134 cm³/mol. The molecule has 0 spiro atoms. The zero-order valence-corrected chi connectivity index (χ0v) is 19.0. The maximum Gasteiger partial charge on any atom is 0.256 e. The summed E-state index contributed by atoms with van der Waals surface area (Å²) in [6.45, 7) is -0.191. The first-order valence-electron chi connectivity index (χ1n) is 10.6. The van der Waals surface area contributed by atoms with Crippen LogP contribution in [0.2, 0.25) is 5.02 Å². The van der Waals surface area contributed by atoms with Gasteiger partial charge in [-0.15, -0.1) is 0 Å². The van der Waals surface area contributed by atoms with Gasteiger partial charge in [0.2, 0.25) is 0 Å². The number of rotatable bonds is 7. The minimum absolute atomic E-state index is 0.00824. The van der Waals surface area contributed by atoms with E-state index < -0.39 is 28.4 Å². The van der Waals surface area contributed by atoms with E-state index >= 15 is 0 Å². The fourth-order valence-electron chi connectivity index (χ4n) is 3.69. The molecule has 8 nitrogen and oxygen atoms in total. The summed E-state index contributed by atoms with van der Waals surface area (Å²) < 4.78 is 27.4. The van der Waals surface area contributed by atoms with Crippen molar-refractivity contribution in [2.75, 3.05) is 16.0 Å². The van der Waals surface area contributed by atoms with E-state index in [0.29, 0.717) is 27.2 Å². The molecule has 0 saturated carbocycles. The SMILES string of the molecule is O=C(Nc1n[nH]c2ccc(Nc3c(NCc4cccc(F)c4F)c(=O)c3=O)cc12)c1cccc(Cl)c1. The van der Waals surface area contributed by atoms with Gasteiger partial charge in [-0.1, -0.05) is 29.8 Å². The number of carbonyl (C=O) groups excluding carboxylic acids is 1. The molecule has 5 aromatic rings. The second-order valence-corrected chi connectivity index (χ2v) is 8.33. The fourth-order valence-corrected chi connectivity index (χ4v) is 3.88. The summed E-state index contributed by atoms with van der Waals surface area (Å²) in [6, 6.07) is 15.1. The number of anilines is 4. The number of aromatic amines is 1. The third-order valence-electron chi connectivity index (χ3n) is 5.55. The minimum Gasteiger partial charge on any atom is -0.376 e. The standard InChI is InChI=1S/C25H16ClF2N5O3/c26-14-5-1-3-12(9-14)25(36)31-24-16-10-15(7-8-18(16)32-33-24)30-21-20(22(34)23(21)35)29-11-13-4-2-6-17(27)19(13)28/h1-10,29-30H,11H2,(H2,31,32,33,36). The largest absolute Gasteiger partial charge is 0.376 e. The molecule has 0 atom stereocenters. The molecule has 0 radical (unpaired) electrons. The Bertz CT molecular complexity index is 1710. The molecule has 0 aliphatic rings. The highest BCUT2D eigenvalue weighted by Gasteiger charge is 2.22. The van der Waals surface area contributed by atoms with Crippen molar-refractivity contribution in [3.05, 3.63) is 109 Å². The highest BCUT2D eigenvalue weighted by molar-refractivity contribution is 6.31. The van der Waals surface area contributed by atoms with E-state index in [2.05, 4.69) is 26.1 Å². The fraction of sp³-hybridized carbons (Fsp3) is 0.0400. The third-order valence-corrected chi connectivity index (χ3v) is 5.78. The van der Waals surface area contributed by atoms with Gasteiger partial charge in [0.05, 0.1) is 5.52 Å². The van der Waals surface area contributed by atoms with Crippen molar-refractivity contribution < 1.29 is 13.6 Å². The lowest BCUT2D eigenvalue weighted by atomic mass is 10.1. The van der Waals surface area contributed by atoms with Crippen LogP contribution in [0.5, 0.6) is 0 Å². The molecular weight excluding hydrogens is 492 g/mol.